The van der Waals surface area contributed by atoms with Crippen molar-refractivity contribution in [3.8, 4) is 0 Å². The molecule has 0 aliphatic carbocycles. The summed E-state index contributed by atoms with van der Waals surface area (Å²) < 4.78 is 11.9. The highest BCUT2D eigenvalue weighted by Crippen LogP contribution is 2.24. The summed E-state index contributed by atoms with van der Waals surface area (Å²) in [4.78, 5) is 13.7. The van der Waals surface area contributed by atoms with E-state index in [0.29, 0.717) is 12.2 Å². The van der Waals surface area contributed by atoms with Crippen LogP contribution in [0.15, 0.2) is 12.4 Å². The van der Waals surface area contributed by atoms with E-state index in [9.17, 15) is 0 Å². The number of nitrogens with zero attached hydrogens (tertiary/aromatic N) is 4. The number of rotatable bonds is 5. The molecule has 0 N–H and O–H groups in total. The molecule has 0 radical (unpaired) electrons. The molecule has 0 saturated carbocycles. The van der Waals surface area contributed by atoms with E-state index in [1.165, 1.54) is 25.7 Å². The maximum Gasteiger partial charge on any atom is 0.134 e. The number of piperidine rings is 1. The van der Waals surface area contributed by atoms with Gasteiger partial charge in [0.2, 0.25) is 0 Å². The monoisotopic (exact) mass is 346 g/mol. The van der Waals surface area contributed by atoms with Gasteiger partial charge in [-0.15, -0.1) is 0 Å². The molecule has 0 aromatic carbocycles. The van der Waals surface area contributed by atoms with Gasteiger partial charge in [0.25, 0.3) is 0 Å². The molecule has 3 saturated heterocycles. The van der Waals surface area contributed by atoms with Crippen LogP contribution in [0, 0.1) is 0 Å². The molecule has 1 aromatic heterocycles. The quantitative estimate of drug-likeness (QED) is 0.817. The molecule has 0 amide bonds. The van der Waals surface area contributed by atoms with Crippen molar-refractivity contribution in [2.75, 3.05) is 49.2 Å². The van der Waals surface area contributed by atoms with Crippen LogP contribution in [0.2, 0.25) is 0 Å². The number of aromatic nitrogens is 2. The first-order valence-corrected chi connectivity index (χ1v) is 9.93. The van der Waals surface area contributed by atoms with Crippen LogP contribution in [0.25, 0.3) is 0 Å². The molecule has 3 aliphatic heterocycles. The minimum Gasteiger partial charge on any atom is -0.376 e. The molecule has 3 fully saturated rings. The Morgan fingerprint density at radius 2 is 1.64 bits per heavy atom. The van der Waals surface area contributed by atoms with Gasteiger partial charge in [0, 0.05) is 38.9 Å². The van der Waals surface area contributed by atoms with E-state index in [4.69, 9.17) is 9.47 Å². The molecule has 0 bridgehead atoms. The van der Waals surface area contributed by atoms with Crippen LogP contribution in [0.3, 0.4) is 0 Å². The molecule has 4 heterocycles. The standard InChI is InChI=1S/C19H30N4O2/c1-4-12-24-17(5-1)14-25-16-6-10-23(11-7-16)19-13-18(20-15-21-19)22-8-2-3-9-22/h13,15-17H,1-12,14H2/t17-/m0/s1. The number of anilines is 2. The third-order valence-electron chi connectivity index (χ3n) is 5.63. The van der Waals surface area contributed by atoms with Crippen LogP contribution in [0.1, 0.15) is 44.9 Å². The van der Waals surface area contributed by atoms with E-state index in [1.54, 1.807) is 6.33 Å². The number of ether oxygens (including phenoxy) is 2. The summed E-state index contributed by atoms with van der Waals surface area (Å²) in [5, 5.41) is 0. The molecule has 1 aromatic rings. The average molecular weight is 346 g/mol. The van der Waals surface area contributed by atoms with Gasteiger partial charge in [-0.3, -0.25) is 0 Å². The molecule has 4 rings (SSSR count). The average Bonchev–Trinajstić information content (AvgIpc) is 3.23. The van der Waals surface area contributed by atoms with Gasteiger partial charge in [0.15, 0.2) is 0 Å². The highest BCUT2D eigenvalue weighted by atomic mass is 16.5. The fourth-order valence-corrected chi connectivity index (χ4v) is 4.06. The first-order chi connectivity index (χ1) is 12.4. The topological polar surface area (TPSA) is 50.7 Å². The van der Waals surface area contributed by atoms with Crippen molar-refractivity contribution >= 4 is 11.6 Å². The second-order valence-electron chi connectivity index (χ2n) is 7.44. The Balaban J connectivity index is 1.26. The highest BCUT2D eigenvalue weighted by molar-refractivity contribution is 5.50. The Morgan fingerprint density at radius 1 is 0.920 bits per heavy atom. The van der Waals surface area contributed by atoms with Crippen LogP contribution in [0.4, 0.5) is 11.6 Å². The predicted molar refractivity (Wildman–Crippen MR) is 98.3 cm³/mol. The lowest BCUT2D eigenvalue weighted by atomic mass is 10.1. The van der Waals surface area contributed by atoms with E-state index in [1.807, 2.05) is 0 Å². The van der Waals surface area contributed by atoms with Gasteiger partial charge in [-0.1, -0.05) is 0 Å². The maximum atomic E-state index is 6.12. The summed E-state index contributed by atoms with van der Waals surface area (Å²) in [5.41, 5.74) is 0. The van der Waals surface area contributed by atoms with Crippen LogP contribution >= 0.6 is 0 Å². The SMILES string of the molecule is c1nc(N2CCCC2)cc(N2CCC(OC[C@@H]3CCCCO3)CC2)n1. The lowest BCUT2D eigenvalue weighted by Gasteiger charge is -2.34. The predicted octanol–water partition coefficient (Wildman–Crippen LogP) is 2.63. The van der Waals surface area contributed by atoms with Crippen LogP contribution in [0.5, 0.6) is 0 Å². The molecule has 0 unspecified atom stereocenters. The van der Waals surface area contributed by atoms with Gasteiger partial charge >= 0.3 is 0 Å². The minimum atomic E-state index is 0.316. The Morgan fingerprint density at radius 3 is 2.32 bits per heavy atom. The van der Waals surface area contributed by atoms with E-state index in [-0.39, 0.29) is 0 Å². The van der Waals surface area contributed by atoms with Gasteiger partial charge < -0.3 is 19.3 Å². The third kappa shape index (κ3) is 4.42. The van der Waals surface area contributed by atoms with Crippen LogP contribution in [-0.4, -0.2) is 61.6 Å². The Kier molecular flexibility index (Phi) is 5.67. The van der Waals surface area contributed by atoms with E-state index in [0.717, 1.165) is 70.3 Å². The van der Waals surface area contributed by atoms with Crippen LogP contribution in [-0.2, 0) is 9.47 Å². The summed E-state index contributed by atoms with van der Waals surface area (Å²) in [6.07, 6.45) is 10.7. The maximum absolute atomic E-state index is 6.12. The summed E-state index contributed by atoms with van der Waals surface area (Å²) in [6, 6.07) is 2.16. The molecule has 25 heavy (non-hydrogen) atoms. The normalized spacial score (nSPS) is 25.5. The Bertz CT molecular complexity index is 536. The lowest BCUT2D eigenvalue weighted by molar-refractivity contribution is -0.0672. The molecular formula is C19H30N4O2. The van der Waals surface area contributed by atoms with Crippen LogP contribution < -0.4 is 9.80 Å². The summed E-state index contributed by atoms with van der Waals surface area (Å²) in [5.74, 6) is 2.14. The minimum absolute atomic E-state index is 0.316. The lowest BCUT2D eigenvalue weighted by Crippen LogP contribution is -2.39. The zero-order chi connectivity index (χ0) is 16.9. The fourth-order valence-electron chi connectivity index (χ4n) is 4.06. The van der Waals surface area contributed by atoms with E-state index >= 15 is 0 Å². The first kappa shape index (κ1) is 17.0. The van der Waals surface area contributed by atoms with E-state index < -0.39 is 0 Å². The number of hydrogen-bond acceptors (Lipinski definition) is 6. The molecule has 3 aliphatic rings. The van der Waals surface area contributed by atoms with Crippen molar-refractivity contribution in [2.24, 2.45) is 0 Å². The molecule has 6 nitrogen and oxygen atoms in total. The fraction of sp³-hybridized carbons (Fsp3) is 0.789. The van der Waals surface area contributed by atoms with Crippen molar-refractivity contribution in [2.45, 2.75) is 57.2 Å². The third-order valence-corrected chi connectivity index (χ3v) is 5.63. The first-order valence-electron chi connectivity index (χ1n) is 9.93. The van der Waals surface area contributed by atoms with Crippen molar-refractivity contribution in [1.29, 1.82) is 0 Å². The number of hydrogen-bond donors (Lipinski definition) is 0. The smallest absolute Gasteiger partial charge is 0.134 e. The molecule has 1 atom stereocenters. The zero-order valence-corrected chi connectivity index (χ0v) is 15.1. The van der Waals surface area contributed by atoms with Crippen molar-refractivity contribution < 1.29 is 9.47 Å². The van der Waals surface area contributed by atoms with Crippen molar-refractivity contribution in [1.82, 2.24) is 9.97 Å². The molecule has 6 heteroatoms. The highest BCUT2D eigenvalue weighted by Gasteiger charge is 2.23. The van der Waals surface area contributed by atoms with Gasteiger partial charge in [-0.25, -0.2) is 9.97 Å². The Hall–Kier alpha value is -1.40. The molecule has 138 valence electrons. The van der Waals surface area contributed by atoms with Crippen molar-refractivity contribution in [3.63, 3.8) is 0 Å². The van der Waals surface area contributed by atoms with Gasteiger partial charge in [-0.2, -0.15) is 0 Å². The molecular weight excluding hydrogens is 316 g/mol. The second-order valence-corrected chi connectivity index (χ2v) is 7.44. The second kappa shape index (κ2) is 8.32. The summed E-state index contributed by atoms with van der Waals surface area (Å²) >= 11 is 0. The summed E-state index contributed by atoms with van der Waals surface area (Å²) in [7, 11) is 0. The van der Waals surface area contributed by atoms with Crippen molar-refractivity contribution in [3.05, 3.63) is 12.4 Å². The Labute approximate surface area is 150 Å². The van der Waals surface area contributed by atoms with E-state index in [2.05, 4.69) is 25.8 Å². The van der Waals surface area contributed by atoms with Gasteiger partial charge in [0.1, 0.15) is 18.0 Å². The van der Waals surface area contributed by atoms with Gasteiger partial charge in [0.05, 0.1) is 18.8 Å². The molecule has 0 spiro atoms. The van der Waals surface area contributed by atoms with Gasteiger partial charge in [-0.05, 0) is 44.9 Å². The largest absolute Gasteiger partial charge is 0.376 e. The summed E-state index contributed by atoms with van der Waals surface area (Å²) in [6.45, 7) is 5.92. The zero-order valence-electron chi connectivity index (χ0n) is 15.1.